The lowest BCUT2D eigenvalue weighted by Crippen LogP contribution is -2.55. The SMILES string of the molecule is CCC(CC)(COc1noc(C(=O)NC2C3CC4CC(C3)CC2C4)c1SC1CCCCC1)C(=O)O. The summed E-state index contributed by atoms with van der Waals surface area (Å²) in [6, 6.07) is 0.220. The van der Waals surface area contributed by atoms with E-state index in [0.717, 1.165) is 24.7 Å². The Morgan fingerprint density at radius 2 is 1.69 bits per heavy atom. The summed E-state index contributed by atoms with van der Waals surface area (Å²) in [5.74, 6) is 2.29. The molecule has 7 nitrogen and oxygen atoms in total. The highest BCUT2D eigenvalue weighted by molar-refractivity contribution is 8.00. The molecule has 6 rings (SSSR count). The minimum atomic E-state index is -0.978. The van der Waals surface area contributed by atoms with Gasteiger partial charge in [-0.15, -0.1) is 11.8 Å². The Kier molecular flexibility index (Phi) is 7.38. The number of carbonyl (C=O) groups excluding carboxylic acids is 1. The highest BCUT2D eigenvalue weighted by atomic mass is 32.2. The molecule has 8 heteroatoms. The van der Waals surface area contributed by atoms with Gasteiger partial charge in [0, 0.05) is 11.3 Å². The second-order valence-corrected chi connectivity index (χ2v) is 12.8. The molecule has 0 saturated heterocycles. The van der Waals surface area contributed by atoms with Crippen molar-refractivity contribution in [2.75, 3.05) is 6.61 Å². The average molecular weight is 505 g/mol. The van der Waals surface area contributed by atoms with Crippen LogP contribution < -0.4 is 10.1 Å². The number of nitrogens with one attached hydrogen (secondary N) is 1. The Morgan fingerprint density at radius 1 is 1.06 bits per heavy atom. The maximum Gasteiger partial charge on any atom is 0.313 e. The second kappa shape index (κ2) is 10.3. The molecule has 1 aromatic rings. The third kappa shape index (κ3) is 4.96. The molecule has 0 atom stereocenters. The molecule has 1 amide bonds. The van der Waals surface area contributed by atoms with Gasteiger partial charge in [0.1, 0.15) is 16.9 Å². The number of rotatable bonds is 10. The van der Waals surface area contributed by atoms with Crippen LogP contribution in [-0.2, 0) is 4.79 Å². The van der Waals surface area contributed by atoms with E-state index in [1.54, 1.807) is 11.8 Å². The van der Waals surface area contributed by atoms with Gasteiger partial charge in [-0.3, -0.25) is 9.59 Å². The Morgan fingerprint density at radius 3 is 2.26 bits per heavy atom. The smallest absolute Gasteiger partial charge is 0.313 e. The van der Waals surface area contributed by atoms with Crippen LogP contribution >= 0.6 is 11.8 Å². The number of aromatic nitrogens is 1. The molecule has 5 aliphatic rings. The summed E-state index contributed by atoms with van der Waals surface area (Å²) < 4.78 is 11.6. The van der Waals surface area contributed by atoms with Crippen molar-refractivity contribution in [3.63, 3.8) is 0 Å². The quantitative estimate of drug-likeness (QED) is 0.407. The Balaban J connectivity index is 1.35. The van der Waals surface area contributed by atoms with E-state index in [1.807, 2.05) is 13.8 Å². The molecule has 5 fully saturated rings. The van der Waals surface area contributed by atoms with Crippen LogP contribution in [0, 0.1) is 29.1 Å². The van der Waals surface area contributed by atoms with Gasteiger partial charge in [-0.05, 0) is 86.6 Å². The minimum absolute atomic E-state index is 0.0106. The summed E-state index contributed by atoms with van der Waals surface area (Å²) >= 11 is 1.63. The number of thioether (sulfide) groups is 1. The van der Waals surface area contributed by atoms with Crippen LogP contribution in [0.4, 0.5) is 0 Å². The van der Waals surface area contributed by atoms with Gasteiger partial charge in [-0.1, -0.05) is 33.1 Å². The van der Waals surface area contributed by atoms with E-state index in [0.29, 0.717) is 34.8 Å². The van der Waals surface area contributed by atoms with Gasteiger partial charge in [-0.25, -0.2) is 0 Å². The number of hydrogen-bond acceptors (Lipinski definition) is 6. The van der Waals surface area contributed by atoms with E-state index in [9.17, 15) is 14.7 Å². The summed E-state index contributed by atoms with van der Waals surface area (Å²) in [4.78, 5) is 26.1. The number of nitrogens with zero attached hydrogens (tertiary/aromatic N) is 1. The van der Waals surface area contributed by atoms with Crippen molar-refractivity contribution in [1.29, 1.82) is 0 Å². The third-order valence-corrected chi connectivity index (χ3v) is 10.9. The van der Waals surface area contributed by atoms with Gasteiger partial charge in [-0.2, -0.15) is 0 Å². The number of carbonyl (C=O) groups is 2. The van der Waals surface area contributed by atoms with E-state index >= 15 is 0 Å². The van der Waals surface area contributed by atoms with Crippen LogP contribution in [0.25, 0.3) is 0 Å². The highest BCUT2D eigenvalue weighted by Gasteiger charge is 2.49. The number of ether oxygens (including phenoxy) is 1. The lowest BCUT2D eigenvalue weighted by atomic mass is 9.54. The first kappa shape index (κ1) is 25.0. The standard InChI is InChI=1S/C27H40N2O5S/c1-3-27(4-2,26(31)32)15-33-25-23(35-20-8-6-5-7-9-20)22(34-29-25)24(30)28-21-18-11-16-10-17(13-18)14-19(21)12-16/h16-21H,3-15H2,1-2H3,(H,28,30)(H,31,32). The monoisotopic (exact) mass is 504 g/mol. The fourth-order valence-corrected chi connectivity index (χ4v) is 8.70. The summed E-state index contributed by atoms with van der Waals surface area (Å²) in [5, 5.41) is 17.7. The van der Waals surface area contributed by atoms with Crippen LogP contribution in [0.2, 0.25) is 0 Å². The van der Waals surface area contributed by atoms with Crippen LogP contribution in [0.1, 0.15) is 101 Å². The van der Waals surface area contributed by atoms with Crippen LogP contribution in [-0.4, -0.2) is 40.0 Å². The maximum absolute atomic E-state index is 13.5. The first-order chi connectivity index (χ1) is 16.9. The van der Waals surface area contributed by atoms with Gasteiger partial charge in [0.2, 0.25) is 5.76 Å². The number of amides is 1. The van der Waals surface area contributed by atoms with Crippen molar-refractivity contribution >= 4 is 23.6 Å². The normalized spacial score (nSPS) is 30.4. The fraction of sp³-hybridized carbons (Fsp3) is 0.815. The molecule has 0 aliphatic heterocycles. The van der Waals surface area contributed by atoms with Crippen LogP contribution in [0.5, 0.6) is 5.88 Å². The van der Waals surface area contributed by atoms with Crippen molar-refractivity contribution in [1.82, 2.24) is 10.5 Å². The van der Waals surface area contributed by atoms with Gasteiger partial charge in [0.15, 0.2) is 0 Å². The molecule has 0 unspecified atom stereocenters. The largest absolute Gasteiger partial charge is 0.481 e. The van der Waals surface area contributed by atoms with Crippen molar-refractivity contribution in [3.8, 4) is 5.88 Å². The van der Waals surface area contributed by atoms with E-state index < -0.39 is 11.4 Å². The molecule has 194 valence electrons. The summed E-state index contributed by atoms with van der Waals surface area (Å²) in [7, 11) is 0. The average Bonchev–Trinajstić information content (AvgIpc) is 3.24. The van der Waals surface area contributed by atoms with Gasteiger partial charge < -0.3 is 19.7 Å². The zero-order valence-corrected chi connectivity index (χ0v) is 21.9. The number of carboxylic acids is 1. The maximum atomic E-state index is 13.5. The Bertz CT molecular complexity index is 893. The van der Waals surface area contributed by atoms with Crippen LogP contribution in [0.15, 0.2) is 9.42 Å². The van der Waals surface area contributed by atoms with E-state index in [-0.39, 0.29) is 30.2 Å². The zero-order valence-electron chi connectivity index (χ0n) is 21.1. The number of aliphatic carboxylic acids is 1. The van der Waals surface area contributed by atoms with Gasteiger partial charge in [0.25, 0.3) is 11.8 Å². The fourth-order valence-electron chi connectivity index (χ4n) is 7.36. The molecule has 0 aromatic carbocycles. The highest BCUT2D eigenvalue weighted by Crippen LogP contribution is 2.54. The molecule has 2 N–H and O–H groups in total. The zero-order chi connectivity index (χ0) is 24.6. The molecule has 0 radical (unpaired) electrons. The predicted octanol–water partition coefficient (Wildman–Crippen LogP) is 5.92. The minimum Gasteiger partial charge on any atom is -0.481 e. The van der Waals surface area contributed by atoms with Crippen molar-refractivity contribution in [2.45, 2.75) is 107 Å². The Hall–Kier alpha value is -1.70. The van der Waals surface area contributed by atoms with Crippen molar-refractivity contribution in [2.24, 2.45) is 29.1 Å². The predicted molar refractivity (Wildman–Crippen MR) is 134 cm³/mol. The lowest BCUT2D eigenvalue weighted by molar-refractivity contribution is -0.151. The van der Waals surface area contributed by atoms with E-state index in [2.05, 4.69) is 10.5 Å². The number of hydrogen-bond donors (Lipinski definition) is 2. The van der Waals surface area contributed by atoms with Gasteiger partial charge in [0.05, 0.1) is 0 Å². The molecule has 5 saturated carbocycles. The molecule has 1 heterocycles. The molecular formula is C27H40N2O5S. The first-order valence-corrected chi connectivity index (χ1v) is 14.6. The van der Waals surface area contributed by atoms with E-state index in [4.69, 9.17) is 9.26 Å². The molecular weight excluding hydrogens is 464 g/mol. The topological polar surface area (TPSA) is 102 Å². The molecule has 0 spiro atoms. The van der Waals surface area contributed by atoms with Crippen LogP contribution in [0.3, 0.4) is 0 Å². The number of carboxylic acid groups (broad SMARTS) is 1. The lowest BCUT2D eigenvalue weighted by Gasteiger charge is -2.54. The molecule has 35 heavy (non-hydrogen) atoms. The molecule has 5 aliphatic carbocycles. The Labute approximate surface area is 212 Å². The summed E-state index contributed by atoms with van der Waals surface area (Å²) in [6.07, 6.45) is 13.0. The third-order valence-electron chi connectivity index (χ3n) is 9.48. The summed E-state index contributed by atoms with van der Waals surface area (Å²) in [6.45, 7) is 3.74. The van der Waals surface area contributed by atoms with E-state index in [1.165, 1.54) is 51.4 Å². The molecule has 1 aromatic heterocycles. The molecule has 4 bridgehead atoms. The van der Waals surface area contributed by atoms with Crippen molar-refractivity contribution in [3.05, 3.63) is 5.76 Å². The second-order valence-electron chi connectivity index (χ2n) is 11.5. The summed E-state index contributed by atoms with van der Waals surface area (Å²) in [5.41, 5.74) is -0.978. The first-order valence-electron chi connectivity index (χ1n) is 13.8. The van der Waals surface area contributed by atoms with Gasteiger partial charge >= 0.3 is 5.97 Å². The van der Waals surface area contributed by atoms with Crippen molar-refractivity contribution < 1.29 is 24.0 Å².